The van der Waals surface area contributed by atoms with Gasteiger partial charge in [0.15, 0.2) is 9.84 Å². The number of hydrogen-bond donors (Lipinski definition) is 0. The third-order valence-electron chi connectivity index (χ3n) is 4.36. The van der Waals surface area contributed by atoms with Crippen LogP contribution in [0.1, 0.15) is 26.3 Å². The summed E-state index contributed by atoms with van der Waals surface area (Å²) in [4.78, 5) is 0.455. The Hall–Kier alpha value is -0.830. The summed E-state index contributed by atoms with van der Waals surface area (Å²) in [5.41, 5.74) is 1.08. The fourth-order valence-electron chi connectivity index (χ4n) is 2.41. The van der Waals surface area contributed by atoms with Gasteiger partial charge >= 0.3 is 0 Å². The van der Waals surface area contributed by atoms with E-state index < -0.39 is 14.6 Å². The number of aryl methyl sites for hydroxylation is 1. The molecule has 88 valence electrons. The first kappa shape index (κ1) is 11.6. The zero-order chi connectivity index (χ0) is 12.1. The maximum atomic E-state index is 12.4. The molecule has 2 rings (SSSR count). The Morgan fingerprint density at radius 1 is 1.06 bits per heavy atom. The van der Waals surface area contributed by atoms with Gasteiger partial charge in [0, 0.05) is 0 Å². The van der Waals surface area contributed by atoms with Crippen LogP contribution in [0, 0.1) is 18.8 Å². The molecule has 0 bridgehead atoms. The third-order valence-corrected chi connectivity index (χ3v) is 7.15. The molecule has 1 fully saturated rings. The van der Waals surface area contributed by atoms with Gasteiger partial charge in [0.1, 0.15) is 0 Å². The lowest BCUT2D eigenvalue weighted by Crippen LogP contribution is -2.23. The van der Waals surface area contributed by atoms with Crippen LogP contribution < -0.4 is 0 Å². The van der Waals surface area contributed by atoms with E-state index in [1.54, 1.807) is 12.1 Å². The van der Waals surface area contributed by atoms with Crippen molar-refractivity contribution in [3.8, 4) is 0 Å². The highest BCUT2D eigenvalue weighted by atomic mass is 32.2. The van der Waals surface area contributed by atoms with E-state index in [0.717, 1.165) is 5.56 Å². The van der Waals surface area contributed by atoms with E-state index in [4.69, 9.17) is 0 Å². The monoisotopic (exact) mass is 238 g/mol. The molecular formula is C13H18O2S. The molecule has 0 unspecified atom stereocenters. The number of sulfone groups is 1. The van der Waals surface area contributed by atoms with Gasteiger partial charge in [-0.05, 0) is 37.8 Å². The van der Waals surface area contributed by atoms with Crippen molar-refractivity contribution in [3.05, 3.63) is 29.8 Å². The van der Waals surface area contributed by atoms with E-state index in [9.17, 15) is 8.42 Å². The van der Waals surface area contributed by atoms with Crippen molar-refractivity contribution in [1.29, 1.82) is 0 Å². The molecule has 0 heterocycles. The van der Waals surface area contributed by atoms with E-state index in [1.165, 1.54) is 0 Å². The molecule has 3 atom stereocenters. The smallest absolute Gasteiger partial charge is 0.184 e. The lowest BCUT2D eigenvalue weighted by molar-refractivity contribution is 0.574. The Balaban J connectivity index is 2.45. The first-order valence-electron chi connectivity index (χ1n) is 5.63. The summed E-state index contributed by atoms with van der Waals surface area (Å²) in [6, 6.07) is 7.14. The summed E-state index contributed by atoms with van der Waals surface area (Å²) in [6.07, 6.45) is 0. The van der Waals surface area contributed by atoms with Gasteiger partial charge in [-0.2, -0.15) is 0 Å². The second-order valence-corrected chi connectivity index (χ2v) is 7.44. The third kappa shape index (κ3) is 1.34. The van der Waals surface area contributed by atoms with Gasteiger partial charge in [-0.1, -0.05) is 31.5 Å². The summed E-state index contributed by atoms with van der Waals surface area (Å²) >= 11 is 0. The van der Waals surface area contributed by atoms with Gasteiger partial charge < -0.3 is 0 Å². The molecule has 1 aromatic carbocycles. The zero-order valence-corrected chi connectivity index (χ0v) is 11.0. The summed E-state index contributed by atoms with van der Waals surface area (Å²) in [7, 11) is -3.18. The fraction of sp³-hybridized carbons (Fsp3) is 0.538. The van der Waals surface area contributed by atoms with E-state index >= 15 is 0 Å². The number of rotatable bonds is 2. The van der Waals surface area contributed by atoms with Crippen molar-refractivity contribution >= 4 is 9.84 Å². The largest absolute Gasteiger partial charge is 0.223 e. The molecular weight excluding hydrogens is 220 g/mol. The predicted molar refractivity (Wildman–Crippen MR) is 65.1 cm³/mol. The van der Waals surface area contributed by atoms with Gasteiger partial charge in [-0.15, -0.1) is 0 Å². The summed E-state index contributed by atoms with van der Waals surface area (Å²) in [5.74, 6) is 0.498. The molecule has 1 saturated carbocycles. The number of benzene rings is 1. The van der Waals surface area contributed by atoms with Gasteiger partial charge in [0.05, 0.1) is 9.64 Å². The Morgan fingerprint density at radius 3 is 1.88 bits per heavy atom. The highest BCUT2D eigenvalue weighted by Gasteiger charge is 2.64. The molecule has 0 aromatic heterocycles. The average Bonchev–Trinajstić information content (AvgIpc) is 2.72. The van der Waals surface area contributed by atoms with Crippen LogP contribution in [0.2, 0.25) is 0 Å². The van der Waals surface area contributed by atoms with Crippen molar-refractivity contribution < 1.29 is 8.42 Å². The second-order valence-electron chi connectivity index (χ2n) is 5.08. The second kappa shape index (κ2) is 3.33. The summed E-state index contributed by atoms with van der Waals surface area (Å²) in [6.45, 7) is 7.84. The van der Waals surface area contributed by atoms with Crippen molar-refractivity contribution in [1.82, 2.24) is 0 Å². The van der Waals surface area contributed by atoms with Gasteiger partial charge in [0.2, 0.25) is 0 Å². The molecule has 1 aliphatic carbocycles. The van der Waals surface area contributed by atoms with Crippen molar-refractivity contribution in [3.63, 3.8) is 0 Å². The molecule has 0 aliphatic heterocycles. The molecule has 16 heavy (non-hydrogen) atoms. The average molecular weight is 238 g/mol. The van der Waals surface area contributed by atoms with Gasteiger partial charge in [-0.3, -0.25) is 0 Å². The molecule has 0 saturated heterocycles. The Morgan fingerprint density at radius 2 is 1.50 bits per heavy atom. The lowest BCUT2D eigenvalue weighted by Gasteiger charge is -2.13. The fourth-order valence-corrected chi connectivity index (χ4v) is 4.73. The zero-order valence-electron chi connectivity index (χ0n) is 10.2. The SMILES string of the molecule is Cc1ccc(S(=O)(=O)[C@@]2(C)[C@H](C)[C@@H]2C)cc1. The minimum absolute atomic E-state index is 0.249. The number of hydrogen-bond acceptors (Lipinski definition) is 2. The molecule has 1 aliphatic rings. The van der Waals surface area contributed by atoms with Crippen LogP contribution in [-0.2, 0) is 9.84 Å². The van der Waals surface area contributed by atoms with Crippen LogP contribution in [0.15, 0.2) is 29.2 Å². The highest BCUT2D eigenvalue weighted by Crippen LogP contribution is 2.57. The van der Waals surface area contributed by atoms with Crippen molar-refractivity contribution in [2.24, 2.45) is 11.8 Å². The first-order valence-corrected chi connectivity index (χ1v) is 7.11. The van der Waals surface area contributed by atoms with E-state index in [1.807, 2.05) is 39.8 Å². The van der Waals surface area contributed by atoms with Crippen LogP contribution >= 0.6 is 0 Å². The van der Waals surface area contributed by atoms with Crippen molar-refractivity contribution in [2.75, 3.05) is 0 Å². The maximum absolute atomic E-state index is 12.4. The molecule has 0 N–H and O–H groups in total. The lowest BCUT2D eigenvalue weighted by atomic mass is 10.2. The standard InChI is InChI=1S/C13H18O2S/c1-9-5-7-12(8-6-9)16(14,15)13(4)10(2)11(13)3/h5-8,10-11H,1-4H3/t10-,11+,13+. The molecule has 1 aromatic rings. The van der Waals surface area contributed by atoms with Crippen LogP contribution in [0.5, 0.6) is 0 Å². The molecule has 0 radical (unpaired) electrons. The Kier molecular flexibility index (Phi) is 2.42. The van der Waals surface area contributed by atoms with E-state index in [0.29, 0.717) is 4.90 Å². The van der Waals surface area contributed by atoms with Gasteiger partial charge in [0.25, 0.3) is 0 Å². The van der Waals surface area contributed by atoms with Crippen LogP contribution in [-0.4, -0.2) is 13.2 Å². The summed E-state index contributed by atoms with van der Waals surface area (Å²) in [5, 5.41) is 0. The normalized spacial score (nSPS) is 33.8. The first-order chi connectivity index (χ1) is 7.31. The van der Waals surface area contributed by atoms with Crippen LogP contribution in [0.25, 0.3) is 0 Å². The minimum atomic E-state index is -3.18. The van der Waals surface area contributed by atoms with E-state index in [2.05, 4.69) is 0 Å². The van der Waals surface area contributed by atoms with Crippen molar-refractivity contribution in [2.45, 2.75) is 37.3 Å². The van der Waals surface area contributed by atoms with Crippen LogP contribution in [0.3, 0.4) is 0 Å². The molecule has 3 heteroatoms. The topological polar surface area (TPSA) is 34.1 Å². The molecule has 2 nitrogen and oxygen atoms in total. The maximum Gasteiger partial charge on any atom is 0.184 e. The predicted octanol–water partition coefficient (Wildman–Crippen LogP) is 2.81. The molecule has 0 spiro atoms. The molecule has 0 amide bonds. The Bertz CT molecular complexity index is 491. The quantitative estimate of drug-likeness (QED) is 0.794. The highest BCUT2D eigenvalue weighted by molar-refractivity contribution is 7.93. The van der Waals surface area contributed by atoms with Gasteiger partial charge in [-0.25, -0.2) is 8.42 Å². The van der Waals surface area contributed by atoms with Crippen LogP contribution in [0.4, 0.5) is 0 Å². The van der Waals surface area contributed by atoms with E-state index in [-0.39, 0.29) is 11.8 Å². The Labute approximate surface area is 97.6 Å². The minimum Gasteiger partial charge on any atom is -0.223 e. The summed E-state index contributed by atoms with van der Waals surface area (Å²) < 4.78 is 24.3.